The first-order valence-corrected chi connectivity index (χ1v) is 10.3. The molecule has 4 aromatic rings. The highest BCUT2D eigenvalue weighted by Gasteiger charge is 2.32. The summed E-state index contributed by atoms with van der Waals surface area (Å²) in [5.41, 5.74) is 5.08. The summed E-state index contributed by atoms with van der Waals surface area (Å²) in [7, 11) is 3.40. The molecule has 5 nitrogen and oxygen atoms in total. The number of methoxy groups -OCH3 is 2. The molecule has 0 amide bonds. The molecule has 1 atom stereocenters. The number of aromatic amines is 1. The summed E-state index contributed by atoms with van der Waals surface area (Å²) in [6.07, 6.45) is 1.01. The summed E-state index contributed by atoms with van der Waals surface area (Å²) >= 11 is 0. The molecule has 30 heavy (non-hydrogen) atoms. The Hall–Kier alpha value is -3.02. The number of ether oxygens (including phenoxy) is 2. The van der Waals surface area contributed by atoms with Crippen molar-refractivity contribution in [2.24, 2.45) is 0 Å². The summed E-state index contributed by atoms with van der Waals surface area (Å²) < 4.78 is 16.7. The van der Waals surface area contributed by atoms with Crippen molar-refractivity contribution in [3.8, 4) is 5.75 Å². The van der Waals surface area contributed by atoms with Crippen LogP contribution in [0.3, 0.4) is 0 Å². The van der Waals surface area contributed by atoms with Gasteiger partial charge in [0.1, 0.15) is 23.9 Å². The standard InChI is InChI=1S/C25H26N2O3/c1-28-16-20-11-10-19(30-20)15-27-13-12-22-21-8-3-4-9-23(21)26-24(22)25(27)17-6-5-7-18(14-17)29-2/h3-11,14,25-26H,12-13,15-16H2,1-2H3/t25-/m0/s1. The van der Waals surface area contributed by atoms with Gasteiger partial charge in [-0.1, -0.05) is 30.3 Å². The molecule has 1 N–H and O–H groups in total. The largest absolute Gasteiger partial charge is 0.497 e. The lowest BCUT2D eigenvalue weighted by Crippen LogP contribution is -2.35. The zero-order valence-electron chi connectivity index (χ0n) is 17.4. The van der Waals surface area contributed by atoms with E-state index in [4.69, 9.17) is 13.9 Å². The van der Waals surface area contributed by atoms with Crippen LogP contribution in [0.1, 0.15) is 34.4 Å². The lowest BCUT2D eigenvalue weighted by molar-refractivity contribution is 0.153. The molecular weight excluding hydrogens is 376 g/mol. The molecule has 2 aromatic carbocycles. The molecule has 0 fully saturated rings. The third kappa shape index (κ3) is 3.40. The van der Waals surface area contributed by atoms with Crippen LogP contribution >= 0.6 is 0 Å². The highest BCUT2D eigenvalue weighted by Crippen LogP contribution is 2.39. The Morgan fingerprint density at radius 3 is 2.77 bits per heavy atom. The number of H-pyrrole nitrogens is 1. The zero-order chi connectivity index (χ0) is 20.5. The van der Waals surface area contributed by atoms with Gasteiger partial charge in [0.25, 0.3) is 0 Å². The summed E-state index contributed by atoms with van der Waals surface area (Å²) in [6.45, 7) is 2.18. The molecule has 2 aromatic heterocycles. The minimum atomic E-state index is 0.104. The van der Waals surface area contributed by atoms with Crippen LogP contribution in [0, 0.1) is 0 Å². The Kier molecular flexibility index (Phi) is 5.07. The van der Waals surface area contributed by atoms with Crippen molar-refractivity contribution in [3.05, 3.63) is 89.0 Å². The van der Waals surface area contributed by atoms with Crippen molar-refractivity contribution in [1.82, 2.24) is 9.88 Å². The first-order chi connectivity index (χ1) is 14.8. The normalized spacial score (nSPS) is 16.7. The second-order valence-electron chi connectivity index (χ2n) is 7.76. The van der Waals surface area contributed by atoms with Crippen LogP contribution in [0.4, 0.5) is 0 Å². The minimum absolute atomic E-state index is 0.104. The lowest BCUT2D eigenvalue weighted by atomic mass is 9.92. The van der Waals surface area contributed by atoms with Crippen LogP contribution < -0.4 is 4.74 Å². The second-order valence-corrected chi connectivity index (χ2v) is 7.76. The van der Waals surface area contributed by atoms with Crippen LogP contribution in [-0.4, -0.2) is 30.6 Å². The number of hydrogen-bond donors (Lipinski definition) is 1. The van der Waals surface area contributed by atoms with Crippen molar-refractivity contribution < 1.29 is 13.9 Å². The van der Waals surface area contributed by atoms with E-state index >= 15 is 0 Å². The predicted molar refractivity (Wildman–Crippen MR) is 117 cm³/mol. The van der Waals surface area contributed by atoms with Crippen LogP contribution in [0.2, 0.25) is 0 Å². The topological polar surface area (TPSA) is 50.6 Å². The molecule has 5 rings (SSSR count). The molecule has 0 unspecified atom stereocenters. The van der Waals surface area contributed by atoms with Gasteiger partial charge < -0.3 is 18.9 Å². The number of para-hydroxylation sites is 1. The quantitative estimate of drug-likeness (QED) is 0.490. The van der Waals surface area contributed by atoms with Crippen molar-refractivity contribution in [2.45, 2.75) is 25.6 Å². The van der Waals surface area contributed by atoms with Gasteiger partial charge in [-0.05, 0) is 47.9 Å². The molecule has 0 spiro atoms. The predicted octanol–water partition coefficient (Wildman–Crippen LogP) is 5.06. The van der Waals surface area contributed by atoms with Crippen LogP contribution in [-0.2, 0) is 24.3 Å². The van der Waals surface area contributed by atoms with Gasteiger partial charge >= 0.3 is 0 Å². The third-order valence-electron chi connectivity index (χ3n) is 5.91. The number of fused-ring (bicyclic) bond motifs is 3. The first kappa shape index (κ1) is 19.0. The van der Waals surface area contributed by atoms with E-state index in [1.807, 2.05) is 12.1 Å². The Labute approximate surface area is 176 Å². The molecule has 0 aliphatic carbocycles. The highest BCUT2D eigenvalue weighted by atomic mass is 16.5. The first-order valence-electron chi connectivity index (χ1n) is 10.3. The summed E-state index contributed by atoms with van der Waals surface area (Å²) in [5, 5.41) is 1.32. The number of hydrogen-bond acceptors (Lipinski definition) is 4. The van der Waals surface area contributed by atoms with Gasteiger partial charge in [-0.3, -0.25) is 4.90 Å². The number of nitrogens with zero attached hydrogens (tertiary/aromatic N) is 1. The fourth-order valence-corrected chi connectivity index (χ4v) is 4.58. The van der Waals surface area contributed by atoms with Gasteiger partial charge in [0.05, 0.1) is 19.7 Å². The molecule has 0 bridgehead atoms. The summed E-state index contributed by atoms with van der Waals surface area (Å²) in [5.74, 6) is 2.68. The number of aromatic nitrogens is 1. The highest BCUT2D eigenvalue weighted by molar-refractivity contribution is 5.85. The molecule has 0 radical (unpaired) electrons. The molecule has 3 heterocycles. The summed E-state index contributed by atoms with van der Waals surface area (Å²) in [6, 6.07) is 21.1. The van der Waals surface area contributed by atoms with Crippen molar-refractivity contribution in [3.63, 3.8) is 0 Å². The van der Waals surface area contributed by atoms with Crippen LogP contribution in [0.5, 0.6) is 5.75 Å². The van der Waals surface area contributed by atoms with Crippen molar-refractivity contribution in [2.75, 3.05) is 20.8 Å². The second kappa shape index (κ2) is 8.01. The number of nitrogens with one attached hydrogen (secondary N) is 1. The Morgan fingerprint density at radius 1 is 1.03 bits per heavy atom. The monoisotopic (exact) mass is 402 g/mol. The maximum Gasteiger partial charge on any atom is 0.129 e. The van der Waals surface area contributed by atoms with E-state index in [-0.39, 0.29) is 6.04 Å². The molecule has 0 saturated carbocycles. The van der Waals surface area contributed by atoms with Gasteiger partial charge in [-0.2, -0.15) is 0 Å². The fourth-order valence-electron chi connectivity index (χ4n) is 4.58. The van der Waals surface area contributed by atoms with E-state index in [0.717, 1.165) is 36.8 Å². The smallest absolute Gasteiger partial charge is 0.129 e. The van der Waals surface area contributed by atoms with Gasteiger partial charge in [0.2, 0.25) is 0 Å². The van der Waals surface area contributed by atoms with E-state index in [9.17, 15) is 0 Å². The SMILES string of the molecule is COCc1ccc(CN2CCc3c([nH]c4ccccc34)[C@@H]2c2cccc(OC)c2)o1. The van der Waals surface area contributed by atoms with Crippen LogP contribution in [0.15, 0.2) is 65.1 Å². The van der Waals surface area contributed by atoms with Gasteiger partial charge in [0.15, 0.2) is 0 Å². The number of rotatable bonds is 6. The molecule has 1 aliphatic heterocycles. The van der Waals surface area contributed by atoms with Crippen molar-refractivity contribution in [1.29, 1.82) is 0 Å². The Balaban J connectivity index is 1.57. The molecular formula is C25H26N2O3. The van der Waals surface area contributed by atoms with Gasteiger partial charge in [-0.15, -0.1) is 0 Å². The van der Waals surface area contributed by atoms with Crippen molar-refractivity contribution >= 4 is 10.9 Å². The Bertz CT molecular complexity index is 1160. The van der Waals surface area contributed by atoms with E-state index in [1.165, 1.54) is 27.7 Å². The molecule has 154 valence electrons. The van der Waals surface area contributed by atoms with E-state index < -0.39 is 0 Å². The van der Waals surface area contributed by atoms with Gasteiger partial charge in [-0.25, -0.2) is 0 Å². The average molecular weight is 402 g/mol. The molecule has 1 aliphatic rings. The maximum absolute atomic E-state index is 6.00. The number of benzene rings is 2. The maximum atomic E-state index is 6.00. The lowest BCUT2D eigenvalue weighted by Gasteiger charge is -2.35. The Morgan fingerprint density at radius 2 is 1.90 bits per heavy atom. The zero-order valence-corrected chi connectivity index (χ0v) is 17.4. The van der Waals surface area contributed by atoms with E-state index in [0.29, 0.717) is 6.61 Å². The molecule has 0 saturated heterocycles. The average Bonchev–Trinajstić information content (AvgIpc) is 3.38. The van der Waals surface area contributed by atoms with Gasteiger partial charge in [0, 0.05) is 30.3 Å². The summed E-state index contributed by atoms with van der Waals surface area (Å²) in [4.78, 5) is 6.18. The van der Waals surface area contributed by atoms with E-state index in [2.05, 4.69) is 58.4 Å². The fraction of sp³-hybridized carbons (Fsp3) is 0.280. The number of furan rings is 1. The minimum Gasteiger partial charge on any atom is -0.497 e. The third-order valence-corrected chi connectivity index (χ3v) is 5.91. The van der Waals surface area contributed by atoms with Crippen LogP contribution in [0.25, 0.3) is 10.9 Å². The van der Waals surface area contributed by atoms with E-state index in [1.54, 1.807) is 14.2 Å². The molecule has 5 heteroatoms.